The topological polar surface area (TPSA) is 86.0 Å². The third-order valence-corrected chi connectivity index (χ3v) is 6.03. The maximum atomic E-state index is 13.0. The number of rotatable bonds is 4. The molecule has 1 fully saturated rings. The van der Waals surface area contributed by atoms with Gasteiger partial charge in [0.15, 0.2) is 0 Å². The molecule has 156 valence electrons. The van der Waals surface area contributed by atoms with Crippen LogP contribution in [0.25, 0.3) is 0 Å². The zero-order valence-corrected chi connectivity index (χ0v) is 17.5. The van der Waals surface area contributed by atoms with Crippen LogP contribution in [0.1, 0.15) is 62.7 Å². The summed E-state index contributed by atoms with van der Waals surface area (Å²) in [5.74, 6) is 1.07. The molecule has 7 heteroatoms. The molecule has 3 rings (SSSR count). The summed E-state index contributed by atoms with van der Waals surface area (Å²) in [6.07, 6.45) is 4.37. The van der Waals surface area contributed by atoms with Crippen molar-refractivity contribution in [3.63, 3.8) is 0 Å². The Kier molecular flexibility index (Phi) is 6.03. The molecule has 2 atom stereocenters. The van der Waals surface area contributed by atoms with Gasteiger partial charge in [0.1, 0.15) is 11.5 Å². The van der Waals surface area contributed by atoms with Crippen molar-refractivity contribution in [1.82, 2.24) is 15.1 Å². The van der Waals surface area contributed by atoms with Gasteiger partial charge in [0.25, 0.3) is 0 Å². The highest BCUT2D eigenvalue weighted by Crippen LogP contribution is 2.42. The Morgan fingerprint density at radius 1 is 1.36 bits per heavy atom. The Labute approximate surface area is 167 Å². The molecule has 28 heavy (non-hydrogen) atoms. The second-order valence-corrected chi connectivity index (χ2v) is 9.16. The second kappa shape index (κ2) is 8.15. The predicted octanol–water partition coefficient (Wildman–Crippen LogP) is 3.18. The van der Waals surface area contributed by atoms with Gasteiger partial charge in [0.2, 0.25) is 0 Å². The number of carbonyl (C=O) groups is 2. The lowest BCUT2D eigenvalue weighted by molar-refractivity contribution is -0.138. The third-order valence-electron chi connectivity index (χ3n) is 6.03. The molecule has 0 bridgehead atoms. The van der Waals surface area contributed by atoms with Gasteiger partial charge in [-0.05, 0) is 51.1 Å². The van der Waals surface area contributed by atoms with Crippen LogP contribution in [0, 0.1) is 12.3 Å². The number of aliphatic carboxylic acids is 1. The van der Waals surface area contributed by atoms with Crippen LogP contribution < -0.4 is 5.32 Å². The molecule has 2 unspecified atom stereocenters. The molecule has 2 heterocycles. The molecule has 1 aliphatic carbocycles. The first-order valence-corrected chi connectivity index (χ1v) is 10.2. The van der Waals surface area contributed by atoms with Gasteiger partial charge < -0.3 is 19.7 Å². The third kappa shape index (κ3) is 4.87. The van der Waals surface area contributed by atoms with Crippen molar-refractivity contribution in [2.24, 2.45) is 5.41 Å². The van der Waals surface area contributed by atoms with Gasteiger partial charge in [-0.3, -0.25) is 9.69 Å². The van der Waals surface area contributed by atoms with E-state index in [4.69, 9.17) is 9.52 Å². The Bertz CT molecular complexity index is 727. The number of carbonyl (C=O) groups excluding carboxylic acids is 1. The summed E-state index contributed by atoms with van der Waals surface area (Å²) in [4.78, 5) is 27.7. The quantitative estimate of drug-likeness (QED) is 0.823. The summed E-state index contributed by atoms with van der Waals surface area (Å²) >= 11 is 0. The number of likely N-dealkylation sites (N-methyl/N-ethyl adjacent to an activating group) is 1. The molecule has 7 nitrogen and oxygen atoms in total. The highest BCUT2D eigenvalue weighted by atomic mass is 16.4. The van der Waals surface area contributed by atoms with Crippen molar-refractivity contribution in [3.05, 3.63) is 23.2 Å². The van der Waals surface area contributed by atoms with Crippen LogP contribution in [0.4, 0.5) is 4.79 Å². The van der Waals surface area contributed by atoms with Crippen molar-refractivity contribution in [2.75, 3.05) is 26.7 Å². The van der Waals surface area contributed by atoms with Crippen molar-refractivity contribution < 1.29 is 19.1 Å². The summed E-state index contributed by atoms with van der Waals surface area (Å²) in [5, 5.41) is 12.2. The van der Waals surface area contributed by atoms with Crippen LogP contribution in [0.15, 0.2) is 10.5 Å². The summed E-state index contributed by atoms with van der Waals surface area (Å²) in [6.45, 7) is 7.76. The normalized spacial score (nSPS) is 24.5. The van der Waals surface area contributed by atoms with E-state index in [0.717, 1.165) is 49.2 Å². The molecule has 0 spiro atoms. The SMILES string of the molecule is Cc1cc2c(o1)CC(C)(C)CC2NC(=O)N1CCCC(N(C)CC(=O)O)CC1. The van der Waals surface area contributed by atoms with Crippen molar-refractivity contribution in [3.8, 4) is 0 Å². The van der Waals surface area contributed by atoms with E-state index in [1.165, 1.54) is 0 Å². The fourth-order valence-corrected chi connectivity index (χ4v) is 4.62. The summed E-state index contributed by atoms with van der Waals surface area (Å²) in [6, 6.07) is 2.19. The molecule has 0 saturated carbocycles. The van der Waals surface area contributed by atoms with E-state index < -0.39 is 5.97 Å². The number of nitrogens with one attached hydrogen (secondary N) is 1. The van der Waals surface area contributed by atoms with E-state index >= 15 is 0 Å². The molecular formula is C21H33N3O4. The number of likely N-dealkylation sites (tertiary alicyclic amines) is 1. The van der Waals surface area contributed by atoms with Crippen LogP contribution in [0.2, 0.25) is 0 Å². The molecule has 1 saturated heterocycles. The Morgan fingerprint density at radius 2 is 2.11 bits per heavy atom. The molecule has 1 aromatic rings. The fourth-order valence-electron chi connectivity index (χ4n) is 4.62. The average Bonchev–Trinajstić information content (AvgIpc) is 2.79. The van der Waals surface area contributed by atoms with Gasteiger partial charge in [-0.25, -0.2) is 4.79 Å². The highest BCUT2D eigenvalue weighted by Gasteiger charge is 2.36. The monoisotopic (exact) mass is 391 g/mol. The number of carboxylic acids is 1. The van der Waals surface area contributed by atoms with E-state index in [2.05, 4.69) is 25.2 Å². The number of urea groups is 1. The maximum Gasteiger partial charge on any atom is 0.317 e. The number of hydrogen-bond acceptors (Lipinski definition) is 4. The Balaban J connectivity index is 1.63. The first kappa shape index (κ1) is 20.7. The number of aryl methyl sites for hydroxylation is 1. The van der Waals surface area contributed by atoms with Crippen molar-refractivity contribution >= 4 is 12.0 Å². The van der Waals surface area contributed by atoms with Crippen LogP contribution in [-0.2, 0) is 11.2 Å². The van der Waals surface area contributed by atoms with Crippen LogP contribution in [-0.4, -0.2) is 59.6 Å². The molecule has 1 aliphatic heterocycles. The fraction of sp³-hybridized carbons (Fsp3) is 0.714. The number of hydrogen-bond donors (Lipinski definition) is 2. The molecule has 2 amide bonds. The van der Waals surface area contributed by atoms with E-state index in [0.29, 0.717) is 13.1 Å². The zero-order chi connectivity index (χ0) is 20.5. The second-order valence-electron chi connectivity index (χ2n) is 9.16. The highest BCUT2D eigenvalue weighted by molar-refractivity contribution is 5.75. The van der Waals surface area contributed by atoms with Crippen LogP contribution in [0.5, 0.6) is 0 Å². The van der Waals surface area contributed by atoms with E-state index in [1.54, 1.807) is 0 Å². The van der Waals surface area contributed by atoms with Crippen LogP contribution in [0.3, 0.4) is 0 Å². The van der Waals surface area contributed by atoms with Crippen LogP contribution >= 0.6 is 0 Å². The van der Waals surface area contributed by atoms with Gasteiger partial charge in [-0.2, -0.15) is 0 Å². The molecular weight excluding hydrogens is 358 g/mol. The van der Waals surface area contributed by atoms with Gasteiger partial charge in [0, 0.05) is 31.1 Å². The predicted molar refractivity (Wildman–Crippen MR) is 106 cm³/mol. The summed E-state index contributed by atoms with van der Waals surface area (Å²) in [5.41, 5.74) is 1.19. The van der Waals surface area contributed by atoms with Gasteiger partial charge >= 0.3 is 12.0 Å². The lowest BCUT2D eigenvalue weighted by Crippen LogP contribution is -2.44. The number of amides is 2. The largest absolute Gasteiger partial charge is 0.480 e. The zero-order valence-electron chi connectivity index (χ0n) is 17.5. The molecule has 1 aromatic heterocycles. The van der Waals surface area contributed by atoms with Gasteiger partial charge in [-0.15, -0.1) is 0 Å². The first-order valence-electron chi connectivity index (χ1n) is 10.2. The summed E-state index contributed by atoms with van der Waals surface area (Å²) in [7, 11) is 1.85. The first-order chi connectivity index (χ1) is 13.1. The molecule has 0 aromatic carbocycles. The minimum Gasteiger partial charge on any atom is -0.480 e. The van der Waals surface area contributed by atoms with Crippen molar-refractivity contribution in [2.45, 2.75) is 65.0 Å². The minimum atomic E-state index is -0.813. The molecule has 2 N–H and O–H groups in total. The standard InChI is InChI=1S/C21H33N3O4/c1-14-10-16-17(11-21(2,3)12-18(16)28-14)22-20(27)24-8-5-6-15(7-9-24)23(4)13-19(25)26/h10,15,17H,5-9,11-13H2,1-4H3,(H,22,27)(H,25,26). The molecule has 0 radical (unpaired) electrons. The smallest absolute Gasteiger partial charge is 0.317 e. The molecule has 2 aliphatic rings. The van der Waals surface area contributed by atoms with Gasteiger partial charge in [0.05, 0.1) is 12.6 Å². The maximum absolute atomic E-state index is 13.0. The summed E-state index contributed by atoms with van der Waals surface area (Å²) < 4.78 is 5.87. The van der Waals surface area contributed by atoms with E-state index in [1.807, 2.05) is 23.8 Å². The van der Waals surface area contributed by atoms with Gasteiger partial charge in [-0.1, -0.05) is 13.8 Å². The number of carboxylic acid groups (broad SMARTS) is 1. The minimum absolute atomic E-state index is 0.0302. The number of nitrogens with zero attached hydrogens (tertiary/aromatic N) is 2. The lowest BCUT2D eigenvalue weighted by atomic mass is 9.75. The lowest BCUT2D eigenvalue weighted by Gasteiger charge is -2.35. The number of furan rings is 1. The van der Waals surface area contributed by atoms with E-state index in [-0.39, 0.29) is 30.1 Å². The van der Waals surface area contributed by atoms with E-state index in [9.17, 15) is 9.59 Å². The Hall–Kier alpha value is -2.02. The Morgan fingerprint density at radius 3 is 2.82 bits per heavy atom. The average molecular weight is 392 g/mol. The van der Waals surface area contributed by atoms with Crippen molar-refractivity contribution in [1.29, 1.82) is 0 Å². The number of fused-ring (bicyclic) bond motifs is 1.